The molecule has 2 N–H and O–H groups in total. The minimum Gasteiger partial charge on any atom is -0.496 e. The molecule has 3 rings (SSSR count). The monoisotopic (exact) mass is 325 g/mol. The zero-order valence-corrected chi connectivity index (χ0v) is 13.9. The second-order valence-corrected chi connectivity index (χ2v) is 6.04. The molecule has 24 heavy (non-hydrogen) atoms. The Kier molecular flexibility index (Phi) is 5.31. The minimum atomic E-state index is 0.0885. The smallest absolute Gasteiger partial charge is 0.228 e. The van der Waals surface area contributed by atoms with Gasteiger partial charge in [-0.3, -0.25) is 4.79 Å². The molecule has 1 aliphatic rings. The predicted molar refractivity (Wildman–Crippen MR) is 95.4 cm³/mol. The predicted octanol–water partition coefficient (Wildman–Crippen LogP) is 3.48. The molecule has 0 atom stereocenters. The van der Waals surface area contributed by atoms with Crippen molar-refractivity contribution in [1.29, 1.82) is 0 Å². The number of methoxy groups -OCH3 is 1. The van der Waals surface area contributed by atoms with Gasteiger partial charge in [0.15, 0.2) is 0 Å². The lowest BCUT2D eigenvalue weighted by molar-refractivity contribution is -0.122. The molecule has 5 heteroatoms. The summed E-state index contributed by atoms with van der Waals surface area (Å²) in [6, 6.07) is 11.8. The molecule has 2 aromatic rings. The van der Waals surface area contributed by atoms with Gasteiger partial charge in [0.25, 0.3) is 0 Å². The highest BCUT2D eigenvalue weighted by molar-refractivity contribution is 5.92. The van der Waals surface area contributed by atoms with Crippen LogP contribution in [-0.4, -0.2) is 24.5 Å². The molecule has 0 aliphatic heterocycles. The van der Waals surface area contributed by atoms with Gasteiger partial charge in [0.05, 0.1) is 19.0 Å². The van der Waals surface area contributed by atoms with Gasteiger partial charge in [-0.2, -0.15) is 0 Å². The average molecular weight is 325 g/mol. The number of nitrogens with one attached hydrogen (secondary N) is 2. The van der Waals surface area contributed by atoms with Gasteiger partial charge in [0.2, 0.25) is 5.91 Å². The average Bonchev–Trinajstić information content (AvgIpc) is 2.55. The Labute approximate surface area is 142 Å². The van der Waals surface area contributed by atoms with E-state index in [1.54, 1.807) is 13.3 Å². The third-order valence-electron chi connectivity index (χ3n) is 4.41. The lowest BCUT2D eigenvalue weighted by Crippen LogP contribution is -2.28. The number of hydrogen-bond donors (Lipinski definition) is 2. The first kappa shape index (κ1) is 16.3. The van der Waals surface area contributed by atoms with E-state index in [4.69, 9.17) is 4.74 Å². The molecule has 1 fully saturated rings. The Hall–Kier alpha value is -2.56. The van der Waals surface area contributed by atoms with Crippen LogP contribution in [0.4, 0.5) is 11.5 Å². The fourth-order valence-electron chi connectivity index (χ4n) is 2.72. The second-order valence-electron chi connectivity index (χ2n) is 6.04. The molecule has 1 amide bonds. The molecule has 1 aromatic heterocycles. The van der Waals surface area contributed by atoms with E-state index in [0.29, 0.717) is 5.82 Å². The van der Waals surface area contributed by atoms with E-state index >= 15 is 0 Å². The first-order chi connectivity index (χ1) is 11.8. The molecule has 0 unspecified atom stereocenters. The summed E-state index contributed by atoms with van der Waals surface area (Å²) in [5.41, 5.74) is 2.11. The number of para-hydroxylation sites is 1. The highest BCUT2D eigenvalue weighted by Crippen LogP contribution is 2.27. The van der Waals surface area contributed by atoms with Gasteiger partial charge in [-0.05, 0) is 43.0 Å². The van der Waals surface area contributed by atoms with Gasteiger partial charge in [-0.25, -0.2) is 4.98 Å². The number of carbonyl (C=O) groups excluding carboxylic acids is 1. The maximum Gasteiger partial charge on any atom is 0.228 e. The van der Waals surface area contributed by atoms with Gasteiger partial charge in [0.1, 0.15) is 11.6 Å². The van der Waals surface area contributed by atoms with Crippen LogP contribution in [-0.2, 0) is 11.2 Å². The molecular weight excluding hydrogens is 302 g/mol. The van der Waals surface area contributed by atoms with Crippen molar-refractivity contribution in [2.45, 2.75) is 25.7 Å². The third kappa shape index (κ3) is 4.04. The van der Waals surface area contributed by atoms with Crippen LogP contribution in [0.5, 0.6) is 5.75 Å². The Bertz CT molecular complexity index is 681. The molecule has 1 aliphatic carbocycles. The van der Waals surface area contributed by atoms with Crippen LogP contribution >= 0.6 is 0 Å². The number of carbonyl (C=O) groups is 1. The number of hydrogen-bond acceptors (Lipinski definition) is 4. The first-order valence-corrected chi connectivity index (χ1v) is 8.39. The van der Waals surface area contributed by atoms with Crippen LogP contribution in [0.3, 0.4) is 0 Å². The number of nitrogens with zero attached hydrogens (tertiary/aromatic N) is 1. The van der Waals surface area contributed by atoms with Crippen molar-refractivity contribution in [2.75, 3.05) is 24.3 Å². The summed E-state index contributed by atoms with van der Waals surface area (Å²) in [7, 11) is 1.69. The fourth-order valence-corrected chi connectivity index (χ4v) is 2.72. The van der Waals surface area contributed by atoms with Crippen molar-refractivity contribution in [1.82, 2.24) is 4.98 Å². The normalized spacial score (nSPS) is 13.9. The van der Waals surface area contributed by atoms with Gasteiger partial charge in [0, 0.05) is 12.5 Å². The van der Waals surface area contributed by atoms with Crippen molar-refractivity contribution in [3.63, 3.8) is 0 Å². The topological polar surface area (TPSA) is 63.2 Å². The molecule has 0 saturated heterocycles. The molecule has 5 nitrogen and oxygen atoms in total. The molecule has 1 heterocycles. The maximum atomic E-state index is 11.9. The highest BCUT2D eigenvalue weighted by Gasteiger charge is 2.25. The molecule has 0 bridgehead atoms. The number of ether oxygens (including phenoxy) is 1. The number of aromatic nitrogens is 1. The van der Waals surface area contributed by atoms with Gasteiger partial charge >= 0.3 is 0 Å². The quantitative estimate of drug-likeness (QED) is 0.818. The van der Waals surface area contributed by atoms with Crippen LogP contribution < -0.4 is 15.4 Å². The summed E-state index contributed by atoms with van der Waals surface area (Å²) in [4.78, 5) is 16.2. The van der Waals surface area contributed by atoms with Crippen molar-refractivity contribution in [2.24, 2.45) is 5.92 Å². The Morgan fingerprint density at radius 3 is 2.75 bits per heavy atom. The molecule has 126 valence electrons. The van der Waals surface area contributed by atoms with Crippen molar-refractivity contribution in [3.05, 3.63) is 48.2 Å². The van der Waals surface area contributed by atoms with Gasteiger partial charge in [-0.15, -0.1) is 0 Å². The van der Waals surface area contributed by atoms with Crippen LogP contribution in [0.25, 0.3) is 0 Å². The van der Waals surface area contributed by atoms with Crippen LogP contribution in [0.2, 0.25) is 0 Å². The Morgan fingerprint density at radius 2 is 2.08 bits per heavy atom. The van der Waals surface area contributed by atoms with E-state index in [1.807, 2.05) is 30.3 Å². The lowest BCUT2D eigenvalue weighted by Gasteiger charge is -2.23. The largest absolute Gasteiger partial charge is 0.496 e. The second kappa shape index (κ2) is 7.81. The van der Waals surface area contributed by atoms with Crippen LogP contribution in [0.1, 0.15) is 24.8 Å². The van der Waals surface area contributed by atoms with Crippen molar-refractivity contribution < 1.29 is 9.53 Å². The molecule has 1 aromatic carbocycles. The van der Waals surface area contributed by atoms with E-state index in [2.05, 4.69) is 21.7 Å². The Morgan fingerprint density at radius 1 is 1.25 bits per heavy atom. The maximum absolute atomic E-state index is 11.9. The molecule has 0 radical (unpaired) electrons. The van der Waals surface area contributed by atoms with E-state index in [0.717, 1.165) is 43.7 Å². The number of benzene rings is 1. The summed E-state index contributed by atoms with van der Waals surface area (Å²) in [5, 5.41) is 6.21. The summed E-state index contributed by atoms with van der Waals surface area (Å²) >= 11 is 0. The lowest BCUT2D eigenvalue weighted by atomic mass is 9.85. The first-order valence-electron chi connectivity index (χ1n) is 8.39. The molecular formula is C19H23N3O2. The van der Waals surface area contributed by atoms with E-state index in [9.17, 15) is 4.79 Å². The summed E-state index contributed by atoms with van der Waals surface area (Å²) in [6.07, 6.45) is 5.76. The van der Waals surface area contributed by atoms with E-state index in [-0.39, 0.29) is 11.8 Å². The standard InChI is InChI=1S/C19H23N3O2/c1-24-17-8-3-2-5-14(17)11-12-20-16-9-10-18(21-13-16)22-19(23)15-6-4-7-15/h2-3,5,8-10,13,15,20H,4,6-7,11-12H2,1H3,(H,21,22,23). The minimum absolute atomic E-state index is 0.0885. The number of amides is 1. The SMILES string of the molecule is COc1ccccc1CCNc1ccc(NC(=O)C2CCC2)nc1. The summed E-state index contributed by atoms with van der Waals surface area (Å²) in [5.74, 6) is 1.78. The number of rotatable bonds is 7. The molecule has 1 saturated carbocycles. The van der Waals surface area contributed by atoms with Gasteiger partial charge in [-0.1, -0.05) is 24.6 Å². The highest BCUT2D eigenvalue weighted by atomic mass is 16.5. The van der Waals surface area contributed by atoms with Crippen molar-refractivity contribution >= 4 is 17.4 Å². The summed E-state index contributed by atoms with van der Waals surface area (Å²) < 4.78 is 5.35. The van der Waals surface area contributed by atoms with E-state index < -0.39 is 0 Å². The van der Waals surface area contributed by atoms with Crippen molar-refractivity contribution in [3.8, 4) is 5.75 Å². The van der Waals surface area contributed by atoms with Crippen LogP contribution in [0, 0.1) is 5.92 Å². The zero-order chi connectivity index (χ0) is 16.8. The van der Waals surface area contributed by atoms with E-state index in [1.165, 1.54) is 5.56 Å². The fraction of sp³-hybridized carbons (Fsp3) is 0.368. The number of pyridine rings is 1. The zero-order valence-electron chi connectivity index (χ0n) is 13.9. The Balaban J connectivity index is 1.48. The third-order valence-corrected chi connectivity index (χ3v) is 4.41. The number of anilines is 2. The van der Waals surface area contributed by atoms with Gasteiger partial charge < -0.3 is 15.4 Å². The summed E-state index contributed by atoms with van der Waals surface area (Å²) in [6.45, 7) is 0.788. The van der Waals surface area contributed by atoms with Crippen LogP contribution in [0.15, 0.2) is 42.6 Å². The molecule has 0 spiro atoms.